The van der Waals surface area contributed by atoms with Gasteiger partial charge in [-0.3, -0.25) is 4.98 Å². The molecule has 0 N–H and O–H groups in total. The number of hydrogen-bond acceptors (Lipinski definition) is 2. The zero-order valence-electron chi connectivity index (χ0n) is 9.45. The molecule has 14 heavy (non-hydrogen) atoms. The zero-order chi connectivity index (χ0) is 10.4. The standard InChI is InChI=1S/C12H20N2/c1-4-5-9-14(3)10-12-8-6-7-11(2)13-12/h6-8H,4-5,9-10H2,1-3H3. The van der Waals surface area contributed by atoms with Crippen molar-refractivity contribution in [3.05, 3.63) is 29.6 Å². The molecular formula is C12H20N2. The van der Waals surface area contributed by atoms with Crippen LogP contribution in [-0.4, -0.2) is 23.5 Å². The van der Waals surface area contributed by atoms with Crippen LogP contribution >= 0.6 is 0 Å². The number of aromatic nitrogens is 1. The normalized spacial score (nSPS) is 10.9. The van der Waals surface area contributed by atoms with Gasteiger partial charge in [0, 0.05) is 12.2 Å². The SMILES string of the molecule is CCCCN(C)Cc1cccc(C)n1. The first-order chi connectivity index (χ1) is 6.72. The van der Waals surface area contributed by atoms with E-state index in [1.165, 1.54) is 18.5 Å². The Morgan fingerprint density at radius 3 is 2.79 bits per heavy atom. The van der Waals surface area contributed by atoms with Crippen molar-refractivity contribution in [2.24, 2.45) is 0 Å². The fourth-order valence-corrected chi connectivity index (χ4v) is 1.47. The van der Waals surface area contributed by atoms with Crippen molar-refractivity contribution in [2.45, 2.75) is 33.2 Å². The quantitative estimate of drug-likeness (QED) is 0.713. The predicted molar refractivity (Wildman–Crippen MR) is 60.2 cm³/mol. The Morgan fingerprint density at radius 2 is 2.14 bits per heavy atom. The van der Waals surface area contributed by atoms with Crippen molar-refractivity contribution < 1.29 is 0 Å². The molecule has 0 aromatic carbocycles. The van der Waals surface area contributed by atoms with Crippen molar-refractivity contribution in [3.63, 3.8) is 0 Å². The minimum Gasteiger partial charge on any atom is -0.301 e. The third-order valence-electron chi connectivity index (χ3n) is 2.27. The highest BCUT2D eigenvalue weighted by Crippen LogP contribution is 2.02. The molecular weight excluding hydrogens is 172 g/mol. The molecule has 1 heterocycles. The molecule has 1 rings (SSSR count). The lowest BCUT2D eigenvalue weighted by Crippen LogP contribution is -2.19. The highest BCUT2D eigenvalue weighted by molar-refractivity contribution is 5.09. The van der Waals surface area contributed by atoms with E-state index >= 15 is 0 Å². The van der Waals surface area contributed by atoms with Gasteiger partial charge in [-0.1, -0.05) is 19.4 Å². The summed E-state index contributed by atoms with van der Waals surface area (Å²) in [4.78, 5) is 6.80. The molecule has 0 aliphatic heterocycles. The second kappa shape index (κ2) is 5.76. The van der Waals surface area contributed by atoms with Crippen LogP contribution in [0.1, 0.15) is 31.2 Å². The van der Waals surface area contributed by atoms with E-state index in [4.69, 9.17) is 0 Å². The fourth-order valence-electron chi connectivity index (χ4n) is 1.47. The Labute approximate surface area is 87.0 Å². The first kappa shape index (κ1) is 11.2. The van der Waals surface area contributed by atoms with Crippen molar-refractivity contribution in [1.82, 2.24) is 9.88 Å². The highest BCUT2D eigenvalue weighted by Gasteiger charge is 2.00. The van der Waals surface area contributed by atoms with E-state index in [0.717, 1.165) is 18.8 Å². The molecule has 2 heteroatoms. The highest BCUT2D eigenvalue weighted by atomic mass is 15.1. The monoisotopic (exact) mass is 192 g/mol. The molecule has 0 amide bonds. The second-order valence-corrected chi connectivity index (χ2v) is 3.86. The zero-order valence-corrected chi connectivity index (χ0v) is 9.45. The number of aryl methyl sites for hydroxylation is 1. The van der Waals surface area contributed by atoms with Gasteiger partial charge in [-0.15, -0.1) is 0 Å². The summed E-state index contributed by atoms with van der Waals surface area (Å²) in [6.45, 7) is 6.38. The number of hydrogen-bond donors (Lipinski definition) is 0. The van der Waals surface area contributed by atoms with Crippen LogP contribution in [0.3, 0.4) is 0 Å². The third-order valence-corrected chi connectivity index (χ3v) is 2.27. The van der Waals surface area contributed by atoms with Gasteiger partial charge in [0.2, 0.25) is 0 Å². The number of unbranched alkanes of at least 4 members (excludes halogenated alkanes) is 1. The Balaban J connectivity index is 2.43. The van der Waals surface area contributed by atoms with Crippen LogP contribution in [0, 0.1) is 6.92 Å². The van der Waals surface area contributed by atoms with Crippen LogP contribution in [0.25, 0.3) is 0 Å². The van der Waals surface area contributed by atoms with Crippen molar-refractivity contribution in [2.75, 3.05) is 13.6 Å². The maximum Gasteiger partial charge on any atom is 0.0547 e. The van der Waals surface area contributed by atoms with Crippen molar-refractivity contribution in [1.29, 1.82) is 0 Å². The van der Waals surface area contributed by atoms with Crippen LogP contribution in [-0.2, 0) is 6.54 Å². The van der Waals surface area contributed by atoms with Gasteiger partial charge in [0.25, 0.3) is 0 Å². The average Bonchev–Trinajstić information content (AvgIpc) is 2.15. The molecule has 0 fully saturated rings. The van der Waals surface area contributed by atoms with Gasteiger partial charge in [-0.25, -0.2) is 0 Å². The largest absolute Gasteiger partial charge is 0.301 e. The first-order valence-corrected chi connectivity index (χ1v) is 5.33. The van der Waals surface area contributed by atoms with Gasteiger partial charge in [0.05, 0.1) is 5.69 Å². The van der Waals surface area contributed by atoms with E-state index in [2.05, 4.69) is 36.0 Å². The molecule has 0 atom stereocenters. The van der Waals surface area contributed by atoms with Crippen LogP contribution in [0.2, 0.25) is 0 Å². The van der Waals surface area contributed by atoms with E-state index in [1.807, 2.05) is 13.0 Å². The lowest BCUT2D eigenvalue weighted by atomic mass is 10.3. The van der Waals surface area contributed by atoms with Crippen molar-refractivity contribution in [3.8, 4) is 0 Å². The lowest BCUT2D eigenvalue weighted by molar-refractivity contribution is 0.317. The Kier molecular flexibility index (Phi) is 4.60. The lowest BCUT2D eigenvalue weighted by Gasteiger charge is -2.15. The smallest absolute Gasteiger partial charge is 0.0547 e. The second-order valence-electron chi connectivity index (χ2n) is 3.86. The molecule has 0 saturated carbocycles. The van der Waals surface area contributed by atoms with Crippen LogP contribution in [0.5, 0.6) is 0 Å². The fraction of sp³-hybridized carbons (Fsp3) is 0.583. The molecule has 0 unspecified atom stereocenters. The number of nitrogens with zero attached hydrogens (tertiary/aromatic N) is 2. The van der Waals surface area contributed by atoms with Gasteiger partial charge in [0.1, 0.15) is 0 Å². The molecule has 0 saturated heterocycles. The molecule has 0 aliphatic carbocycles. The Bertz CT molecular complexity index is 271. The van der Waals surface area contributed by atoms with Crippen molar-refractivity contribution >= 4 is 0 Å². The summed E-state index contributed by atoms with van der Waals surface area (Å²) in [6, 6.07) is 6.20. The topological polar surface area (TPSA) is 16.1 Å². The van der Waals surface area contributed by atoms with E-state index < -0.39 is 0 Å². The number of rotatable bonds is 5. The van der Waals surface area contributed by atoms with Gasteiger partial charge in [-0.2, -0.15) is 0 Å². The Morgan fingerprint density at radius 1 is 1.36 bits per heavy atom. The van der Waals surface area contributed by atoms with Crippen LogP contribution in [0.4, 0.5) is 0 Å². The molecule has 0 aliphatic rings. The molecule has 2 nitrogen and oxygen atoms in total. The van der Waals surface area contributed by atoms with E-state index in [0.29, 0.717) is 0 Å². The van der Waals surface area contributed by atoms with Crippen LogP contribution in [0.15, 0.2) is 18.2 Å². The van der Waals surface area contributed by atoms with Gasteiger partial charge >= 0.3 is 0 Å². The Hall–Kier alpha value is -0.890. The molecule has 78 valence electrons. The maximum absolute atomic E-state index is 4.48. The van der Waals surface area contributed by atoms with E-state index in [1.54, 1.807) is 0 Å². The molecule has 0 radical (unpaired) electrons. The minimum atomic E-state index is 0.960. The maximum atomic E-state index is 4.48. The third kappa shape index (κ3) is 3.88. The van der Waals surface area contributed by atoms with Crippen LogP contribution < -0.4 is 0 Å². The first-order valence-electron chi connectivity index (χ1n) is 5.33. The molecule has 1 aromatic heterocycles. The summed E-state index contributed by atoms with van der Waals surface area (Å²) in [6.07, 6.45) is 2.52. The predicted octanol–water partition coefficient (Wildman–Crippen LogP) is 2.62. The summed E-state index contributed by atoms with van der Waals surface area (Å²) >= 11 is 0. The summed E-state index contributed by atoms with van der Waals surface area (Å²) in [5.41, 5.74) is 2.27. The summed E-state index contributed by atoms with van der Waals surface area (Å²) in [5.74, 6) is 0. The average molecular weight is 192 g/mol. The molecule has 0 spiro atoms. The molecule has 0 bridgehead atoms. The van der Waals surface area contributed by atoms with Gasteiger partial charge < -0.3 is 4.90 Å². The van der Waals surface area contributed by atoms with E-state index in [-0.39, 0.29) is 0 Å². The van der Waals surface area contributed by atoms with E-state index in [9.17, 15) is 0 Å². The number of pyridine rings is 1. The summed E-state index contributed by atoms with van der Waals surface area (Å²) in [7, 11) is 2.15. The molecule has 1 aromatic rings. The summed E-state index contributed by atoms with van der Waals surface area (Å²) in [5, 5.41) is 0. The minimum absolute atomic E-state index is 0.960. The van der Waals surface area contributed by atoms with Gasteiger partial charge in [0.15, 0.2) is 0 Å². The summed E-state index contributed by atoms with van der Waals surface area (Å²) < 4.78 is 0. The van der Waals surface area contributed by atoms with Gasteiger partial charge in [-0.05, 0) is 39.1 Å².